The van der Waals surface area contributed by atoms with Crippen LogP contribution < -0.4 is 0 Å². The Bertz CT molecular complexity index is 424. The predicted molar refractivity (Wildman–Crippen MR) is 54.9 cm³/mol. The molecule has 0 bridgehead atoms. The van der Waals surface area contributed by atoms with E-state index in [1.807, 2.05) is 6.07 Å². The average Bonchev–Trinajstić information content (AvgIpc) is 2.11. The number of nitriles is 1. The van der Waals surface area contributed by atoms with E-state index in [4.69, 9.17) is 5.26 Å². The summed E-state index contributed by atoms with van der Waals surface area (Å²) in [6, 6.07) is 5.14. The van der Waals surface area contributed by atoms with Gasteiger partial charge in [-0.1, -0.05) is 6.07 Å². The molecule has 0 heterocycles. The number of aryl methyl sites for hydroxylation is 1. The van der Waals surface area contributed by atoms with Crippen LogP contribution in [0.25, 0.3) is 0 Å². The molecule has 5 heteroatoms. The van der Waals surface area contributed by atoms with E-state index in [2.05, 4.69) is 15.9 Å². The van der Waals surface area contributed by atoms with Crippen molar-refractivity contribution in [3.63, 3.8) is 0 Å². The van der Waals surface area contributed by atoms with Gasteiger partial charge in [0.15, 0.2) is 0 Å². The fraction of sp³-hybridized carbons (Fsp3) is 0.222. The van der Waals surface area contributed by atoms with Crippen LogP contribution in [0.4, 0.5) is 5.69 Å². The Morgan fingerprint density at radius 3 is 2.79 bits per heavy atom. The van der Waals surface area contributed by atoms with Crippen molar-refractivity contribution in [2.75, 3.05) is 0 Å². The van der Waals surface area contributed by atoms with Gasteiger partial charge in [0.1, 0.15) is 0 Å². The predicted octanol–water partition coefficient (Wildman–Crippen LogP) is 2.73. The lowest BCUT2D eigenvalue weighted by Gasteiger charge is -2.02. The molecule has 0 radical (unpaired) electrons. The number of benzene rings is 1. The van der Waals surface area contributed by atoms with Crippen LogP contribution in [0.1, 0.15) is 11.1 Å². The Morgan fingerprint density at radius 1 is 1.64 bits per heavy atom. The molecule has 1 rings (SSSR count). The van der Waals surface area contributed by atoms with E-state index in [-0.39, 0.29) is 12.1 Å². The summed E-state index contributed by atoms with van der Waals surface area (Å²) in [7, 11) is 0. The highest BCUT2D eigenvalue weighted by Crippen LogP contribution is 2.29. The topological polar surface area (TPSA) is 66.9 Å². The Labute approximate surface area is 89.4 Å². The van der Waals surface area contributed by atoms with Gasteiger partial charge in [-0.3, -0.25) is 10.1 Å². The smallest absolute Gasteiger partial charge is 0.258 e. The van der Waals surface area contributed by atoms with Crippen LogP contribution >= 0.6 is 15.9 Å². The summed E-state index contributed by atoms with van der Waals surface area (Å²) in [5, 5.41) is 19.1. The third kappa shape index (κ3) is 2.09. The van der Waals surface area contributed by atoms with Crippen LogP contribution in [0.2, 0.25) is 0 Å². The molecule has 0 aliphatic heterocycles. The molecule has 0 saturated carbocycles. The van der Waals surface area contributed by atoms with E-state index < -0.39 is 4.92 Å². The number of hydrogen-bond acceptors (Lipinski definition) is 3. The van der Waals surface area contributed by atoms with Gasteiger partial charge in [0.2, 0.25) is 0 Å². The number of halogens is 1. The largest absolute Gasteiger partial charge is 0.284 e. The third-order valence-electron chi connectivity index (χ3n) is 1.77. The van der Waals surface area contributed by atoms with Gasteiger partial charge in [-0.25, -0.2) is 0 Å². The van der Waals surface area contributed by atoms with Gasteiger partial charge in [0, 0.05) is 6.07 Å². The Morgan fingerprint density at radius 2 is 2.29 bits per heavy atom. The summed E-state index contributed by atoms with van der Waals surface area (Å²) in [5.74, 6) is 0. The minimum atomic E-state index is -0.460. The number of nitro groups is 1. The van der Waals surface area contributed by atoms with Crippen LogP contribution in [0, 0.1) is 28.4 Å². The van der Waals surface area contributed by atoms with Crippen molar-refractivity contribution >= 4 is 21.6 Å². The number of nitro benzene ring substituents is 1. The molecular weight excluding hydrogens is 248 g/mol. The molecule has 0 spiro atoms. The molecule has 0 amide bonds. The van der Waals surface area contributed by atoms with Crippen LogP contribution in [-0.2, 0) is 6.42 Å². The summed E-state index contributed by atoms with van der Waals surface area (Å²) < 4.78 is 0.476. The van der Waals surface area contributed by atoms with Crippen molar-refractivity contribution < 1.29 is 4.92 Å². The summed E-state index contributed by atoms with van der Waals surface area (Å²) in [6.45, 7) is 1.76. The zero-order chi connectivity index (χ0) is 10.7. The lowest BCUT2D eigenvalue weighted by molar-refractivity contribution is -0.385. The first-order valence-electron chi connectivity index (χ1n) is 3.86. The molecule has 0 aliphatic carbocycles. The Balaban J connectivity index is 3.29. The van der Waals surface area contributed by atoms with E-state index in [0.29, 0.717) is 10.0 Å². The van der Waals surface area contributed by atoms with Crippen LogP contribution in [0.5, 0.6) is 0 Å². The summed E-state index contributed by atoms with van der Waals surface area (Å²) in [6.07, 6.45) is 0.189. The normalized spacial score (nSPS) is 9.50. The lowest BCUT2D eigenvalue weighted by atomic mass is 10.1. The number of nitrogens with zero attached hydrogens (tertiary/aromatic N) is 2. The van der Waals surface area contributed by atoms with E-state index in [0.717, 1.165) is 5.56 Å². The first-order chi connectivity index (χ1) is 6.56. The van der Waals surface area contributed by atoms with Crippen molar-refractivity contribution in [2.45, 2.75) is 13.3 Å². The maximum atomic E-state index is 10.6. The molecule has 0 saturated heterocycles. The first-order valence-corrected chi connectivity index (χ1v) is 4.66. The lowest BCUT2D eigenvalue weighted by Crippen LogP contribution is -1.94. The van der Waals surface area contributed by atoms with E-state index in [1.165, 1.54) is 6.07 Å². The second-order valence-corrected chi connectivity index (χ2v) is 3.63. The van der Waals surface area contributed by atoms with Gasteiger partial charge >= 0.3 is 0 Å². The zero-order valence-electron chi connectivity index (χ0n) is 7.45. The van der Waals surface area contributed by atoms with Crippen molar-refractivity contribution in [2.24, 2.45) is 0 Å². The molecule has 0 fully saturated rings. The van der Waals surface area contributed by atoms with Gasteiger partial charge in [-0.05, 0) is 34.0 Å². The first kappa shape index (κ1) is 10.7. The minimum absolute atomic E-state index is 0.00949. The van der Waals surface area contributed by atoms with E-state index in [9.17, 15) is 10.1 Å². The SMILES string of the molecule is Cc1cc(CC#N)cc([N+](=O)[O-])c1Br. The zero-order valence-corrected chi connectivity index (χ0v) is 9.04. The highest BCUT2D eigenvalue weighted by atomic mass is 79.9. The van der Waals surface area contributed by atoms with Crippen molar-refractivity contribution in [1.29, 1.82) is 5.26 Å². The monoisotopic (exact) mass is 254 g/mol. The molecule has 1 aromatic rings. The number of hydrogen-bond donors (Lipinski definition) is 0. The van der Waals surface area contributed by atoms with Crippen LogP contribution in [-0.4, -0.2) is 4.92 Å². The number of rotatable bonds is 2. The summed E-state index contributed by atoms with van der Waals surface area (Å²) in [4.78, 5) is 10.2. The maximum absolute atomic E-state index is 10.6. The molecule has 4 nitrogen and oxygen atoms in total. The minimum Gasteiger partial charge on any atom is -0.258 e. The average molecular weight is 255 g/mol. The molecule has 0 atom stereocenters. The maximum Gasteiger partial charge on any atom is 0.284 e. The van der Waals surface area contributed by atoms with Crippen LogP contribution in [0.15, 0.2) is 16.6 Å². The molecule has 0 aromatic heterocycles. The summed E-state index contributed by atoms with van der Waals surface area (Å²) >= 11 is 3.14. The molecule has 72 valence electrons. The van der Waals surface area contributed by atoms with Gasteiger partial charge in [0.25, 0.3) is 5.69 Å². The molecule has 14 heavy (non-hydrogen) atoms. The Kier molecular flexibility index (Phi) is 3.20. The Hall–Kier alpha value is -1.41. The highest BCUT2D eigenvalue weighted by molar-refractivity contribution is 9.10. The van der Waals surface area contributed by atoms with Gasteiger partial charge < -0.3 is 0 Å². The quantitative estimate of drug-likeness (QED) is 0.602. The summed E-state index contributed by atoms with van der Waals surface area (Å²) in [5.41, 5.74) is 1.44. The second kappa shape index (κ2) is 4.20. The molecular formula is C9H7BrN2O2. The molecule has 0 unspecified atom stereocenters. The van der Waals surface area contributed by atoms with E-state index in [1.54, 1.807) is 13.0 Å². The van der Waals surface area contributed by atoms with Crippen molar-refractivity contribution in [3.05, 3.63) is 37.8 Å². The van der Waals surface area contributed by atoms with Gasteiger partial charge in [-0.15, -0.1) is 0 Å². The fourth-order valence-electron chi connectivity index (χ4n) is 1.15. The highest BCUT2D eigenvalue weighted by Gasteiger charge is 2.14. The molecule has 0 N–H and O–H groups in total. The standard InChI is InChI=1S/C9H7BrN2O2/c1-6-4-7(2-3-11)5-8(9(6)10)12(13)14/h4-5H,2H2,1H3. The van der Waals surface area contributed by atoms with Crippen molar-refractivity contribution in [1.82, 2.24) is 0 Å². The molecule has 0 aliphatic rings. The van der Waals surface area contributed by atoms with Gasteiger partial charge in [-0.2, -0.15) is 5.26 Å². The van der Waals surface area contributed by atoms with Crippen molar-refractivity contribution in [3.8, 4) is 6.07 Å². The van der Waals surface area contributed by atoms with E-state index >= 15 is 0 Å². The van der Waals surface area contributed by atoms with Crippen LogP contribution in [0.3, 0.4) is 0 Å². The third-order valence-corrected chi connectivity index (χ3v) is 2.81. The second-order valence-electron chi connectivity index (χ2n) is 2.84. The molecule has 1 aromatic carbocycles. The van der Waals surface area contributed by atoms with Gasteiger partial charge in [0.05, 0.1) is 21.9 Å². The fourth-order valence-corrected chi connectivity index (χ4v) is 1.52.